The van der Waals surface area contributed by atoms with Crippen LogP contribution in [0.15, 0.2) is 18.2 Å². The smallest absolute Gasteiger partial charge is 0.251 e. The van der Waals surface area contributed by atoms with Crippen LogP contribution in [0.2, 0.25) is 0 Å². The number of carbonyl (C=O) groups excluding carboxylic acids is 2. The summed E-state index contributed by atoms with van der Waals surface area (Å²) >= 11 is 0. The number of hydrogen-bond acceptors (Lipinski definition) is 3. The molecule has 5 heteroatoms. The van der Waals surface area contributed by atoms with Crippen LogP contribution < -0.4 is 5.73 Å². The first-order valence-corrected chi connectivity index (χ1v) is 7.18. The van der Waals surface area contributed by atoms with Crippen LogP contribution in [0.5, 0.6) is 0 Å². The fraction of sp³-hybridized carbons (Fsp3) is 0.500. The fourth-order valence-electron chi connectivity index (χ4n) is 2.84. The van der Waals surface area contributed by atoms with Crippen LogP contribution in [0.1, 0.15) is 29.5 Å². The maximum Gasteiger partial charge on any atom is 0.251 e. The first-order chi connectivity index (χ1) is 9.83. The molecule has 1 saturated heterocycles. The normalized spacial score (nSPS) is 22.1. The van der Waals surface area contributed by atoms with E-state index in [1.54, 1.807) is 4.90 Å². The number of piperidine rings is 1. The summed E-state index contributed by atoms with van der Waals surface area (Å²) in [4.78, 5) is 25.3. The minimum absolute atomic E-state index is 0.00784. The van der Waals surface area contributed by atoms with E-state index < -0.39 is 11.5 Å². The van der Waals surface area contributed by atoms with Gasteiger partial charge >= 0.3 is 0 Å². The number of amides is 2. The van der Waals surface area contributed by atoms with Crippen molar-refractivity contribution >= 4 is 11.8 Å². The number of aryl methyl sites for hydroxylation is 2. The maximum atomic E-state index is 12.4. The molecule has 3 N–H and O–H groups in total. The molecule has 1 aliphatic rings. The van der Waals surface area contributed by atoms with Gasteiger partial charge in [-0.3, -0.25) is 9.59 Å². The van der Waals surface area contributed by atoms with E-state index in [-0.39, 0.29) is 18.9 Å². The van der Waals surface area contributed by atoms with Gasteiger partial charge in [0, 0.05) is 6.54 Å². The maximum absolute atomic E-state index is 12.4. The molecule has 0 aromatic heterocycles. The Balaban J connectivity index is 2.12. The average Bonchev–Trinajstić information content (AvgIpc) is 2.43. The SMILES string of the molecule is Cc1cccc(C)c1CC(=O)N1CCC[C@](O)(C(N)=O)C1. The second-order valence-corrected chi connectivity index (χ2v) is 5.86. The number of benzene rings is 1. The zero-order valence-corrected chi connectivity index (χ0v) is 12.6. The molecule has 0 unspecified atom stereocenters. The Hall–Kier alpha value is -1.88. The third kappa shape index (κ3) is 3.24. The predicted octanol–water partition coefficient (Wildman–Crippen LogP) is 0.685. The second-order valence-electron chi connectivity index (χ2n) is 5.86. The van der Waals surface area contributed by atoms with Gasteiger partial charge < -0.3 is 15.7 Å². The van der Waals surface area contributed by atoms with Crippen molar-refractivity contribution in [3.8, 4) is 0 Å². The molecule has 1 atom stereocenters. The van der Waals surface area contributed by atoms with Gasteiger partial charge in [-0.15, -0.1) is 0 Å². The van der Waals surface area contributed by atoms with Gasteiger partial charge in [0.1, 0.15) is 0 Å². The van der Waals surface area contributed by atoms with E-state index in [9.17, 15) is 14.7 Å². The third-order valence-electron chi connectivity index (χ3n) is 4.25. The highest BCUT2D eigenvalue weighted by Gasteiger charge is 2.40. The van der Waals surface area contributed by atoms with Crippen LogP contribution in [0.3, 0.4) is 0 Å². The van der Waals surface area contributed by atoms with Crippen LogP contribution in [0.25, 0.3) is 0 Å². The van der Waals surface area contributed by atoms with Crippen molar-refractivity contribution < 1.29 is 14.7 Å². The van der Waals surface area contributed by atoms with Gasteiger partial charge in [-0.25, -0.2) is 0 Å². The summed E-state index contributed by atoms with van der Waals surface area (Å²) in [5.41, 5.74) is 6.81. The predicted molar refractivity (Wildman–Crippen MR) is 79.6 cm³/mol. The summed E-state index contributed by atoms with van der Waals surface area (Å²) < 4.78 is 0. The van der Waals surface area contributed by atoms with Gasteiger partial charge in [-0.2, -0.15) is 0 Å². The van der Waals surface area contributed by atoms with Crippen molar-refractivity contribution in [3.05, 3.63) is 34.9 Å². The molecule has 1 aromatic rings. The number of carbonyl (C=O) groups is 2. The molecular formula is C16H22N2O3. The van der Waals surface area contributed by atoms with E-state index in [1.807, 2.05) is 32.0 Å². The number of rotatable bonds is 3. The summed E-state index contributed by atoms with van der Waals surface area (Å²) in [5, 5.41) is 10.2. The Kier molecular flexibility index (Phi) is 4.32. The lowest BCUT2D eigenvalue weighted by Gasteiger charge is -2.37. The molecule has 1 aliphatic heterocycles. The van der Waals surface area contributed by atoms with E-state index in [0.29, 0.717) is 19.4 Å². The summed E-state index contributed by atoms with van der Waals surface area (Å²) in [6, 6.07) is 5.92. The molecule has 114 valence electrons. The van der Waals surface area contributed by atoms with Crippen molar-refractivity contribution in [1.82, 2.24) is 4.90 Å². The van der Waals surface area contributed by atoms with Crippen molar-refractivity contribution in [1.29, 1.82) is 0 Å². The van der Waals surface area contributed by atoms with Crippen LogP contribution in [-0.2, 0) is 16.0 Å². The first kappa shape index (κ1) is 15.5. The van der Waals surface area contributed by atoms with Crippen LogP contribution in [-0.4, -0.2) is 40.5 Å². The van der Waals surface area contributed by atoms with Gasteiger partial charge in [0.2, 0.25) is 5.91 Å². The minimum atomic E-state index is -1.59. The second kappa shape index (κ2) is 5.85. The molecule has 21 heavy (non-hydrogen) atoms. The Bertz CT molecular complexity index is 550. The van der Waals surface area contributed by atoms with Crippen LogP contribution in [0.4, 0.5) is 0 Å². The lowest BCUT2D eigenvalue weighted by molar-refractivity contribution is -0.148. The lowest BCUT2D eigenvalue weighted by Crippen LogP contribution is -2.57. The van der Waals surface area contributed by atoms with Gasteiger partial charge in [-0.1, -0.05) is 18.2 Å². The summed E-state index contributed by atoms with van der Waals surface area (Å²) in [6.07, 6.45) is 1.18. The van der Waals surface area contributed by atoms with Crippen molar-refractivity contribution in [3.63, 3.8) is 0 Å². The number of likely N-dealkylation sites (tertiary alicyclic amines) is 1. The van der Waals surface area contributed by atoms with Crippen molar-refractivity contribution in [2.24, 2.45) is 5.73 Å². The molecule has 0 saturated carbocycles. The molecule has 5 nitrogen and oxygen atoms in total. The number of nitrogens with two attached hydrogens (primary N) is 1. The molecule has 2 rings (SSSR count). The largest absolute Gasteiger partial charge is 0.378 e. The fourth-order valence-corrected chi connectivity index (χ4v) is 2.84. The van der Waals surface area contributed by atoms with Crippen molar-refractivity contribution in [2.45, 2.75) is 38.7 Å². The van der Waals surface area contributed by atoms with Gasteiger partial charge in [-0.05, 0) is 43.4 Å². The highest BCUT2D eigenvalue weighted by Crippen LogP contribution is 2.22. The standard InChI is InChI=1S/C16H22N2O3/c1-11-5-3-6-12(2)13(11)9-14(19)18-8-4-7-16(21,10-18)15(17)20/h3,5-6,21H,4,7-10H2,1-2H3,(H2,17,20)/t16-/m1/s1. The number of primary amides is 1. The van der Waals surface area contributed by atoms with Crippen molar-refractivity contribution in [2.75, 3.05) is 13.1 Å². The summed E-state index contributed by atoms with van der Waals surface area (Å²) in [6.45, 7) is 4.50. The molecule has 0 aliphatic carbocycles. The third-order valence-corrected chi connectivity index (χ3v) is 4.25. The van der Waals surface area contributed by atoms with Gasteiger partial charge in [0.05, 0.1) is 13.0 Å². The van der Waals surface area contributed by atoms with Crippen LogP contribution in [0, 0.1) is 13.8 Å². The average molecular weight is 290 g/mol. The van der Waals surface area contributed by atoms with Crippen LogP contribution >= 0.6 is 0 Å². The first-order valence-electron chi connectivity index (χ1n) is 7.18. The number of β-amino-alcohol motifs (C(OH)–C–C–N with tert-alkyl or cyclic N) is 1. The number of aliphatic hydroxyl groups is 1. The highest BCUT2D eigenvalue weighted by atomic mass is 16.3. The summed E-state index contributed by atoms with van der Waals surface area (Å²) in [7, 11) is 0. The Morgan fingerprint density at radius 1 is 1.33 bits per heavy atom. The Morgan fingerprint density at radius 2 is 1.95 bits per heavy atom. The minimum Gasteiger partial charge on any atom is -0.378 e. The monoisotopic (exact) mass is 290 g/mol. The molecule has 1 fully saturated rings. The summed E-state index contributed by atoms with van der Waals surface area (Å²) in [5.74, 6) is -0.834. The van der Waals surface area contributed by atoms with Gasteiger partial charge in [0.25, 0.3) is 5.91 Å². The van der Waals surface area contributed by atoms with E-state index in [4.69, 9.17) is 5.73 Å². The van der Waals surface area contributed by atoms with E-state index in [1.165, 1.54) is 0 Å². The zero-order valence-electron chi connectivity index (χ0n) is 12.6. The zero-order chi connectivity index (χ0) is 15.6. The number of hydrogen-bond donors (Lipinski definition) is 2. The Labute approximate surface area is 124 Å². The molecule has 0 spiro atoms. The molecular weight excluding hydrogens is 268 g/mol. The number of nitrogens with zero attached hydrogens (tertiary/aromatic N) is 1. The molecule has 1 heterocycles. The van der Waals surface area contributed by atoms with E-state index in [2.05, 4.69) is 0 Å². The van der Waals surface area contributed by atoms with E-state index in [0.717, 1.165) is 16.7 Å². The van der Waals surface area contributed by atoms with E-state index >= 15 is 0 Å². The highest BCUT2D eigenvalue weighted by molar-refractivity contribution is 5.85. The quantitative estimate of drug-likeness (QED) is 0.859. The molecule has 0 bridgehead atoms. The molecule has 0 radical (unpaired) electrons. The Morgan fingerprint density at radius 3 is 2.52 bits per heavy atom. The lowest BCUT2D eigenvalue weighted by atomic mass is 9.91. The molecule has 1 aromatic carbocycles. The topological polar surface area (TPSA) is 83.6 Å². The molecule has 2 amide bonds. The van der Waals surface area contributed by atoms with Gasteiger partial charge in [0.15, 0.2) is 5.60 Å².